The molecule has 1 amide bonds. The SMILES string of the molecule is O=C(CCn1ccccc1=O)Nc1ncn[nH]1. The predicted octanol–water partition coefficient (Wildman–Crippen LogP) is -0.00480. The number of carbonyl (C=O) groups is 1. The second-order valence-corrected chi connectivity index (χ2v) is 3.36. The maximum atomic E-state index is 11.5. The third-order valence-corrected chi connectivity index (χ3v) is 2.15. The molecule has 0 aliphatic heterocycles. The molecule has 2 rings (SSSR count). The van der Waals surface area contributed by atoms with Gasteiger partial charge < -0.3 is 4.57 Å². The molecule has 88 valence electrons. The number of nitrogens with zero attached hydrogens (tertiary/aromatic N) is 3. The largest absolute Gasteiger partial charge is 0.315 e. The summed E-state index contributed by atoms with van der Waals surface area (Å²) in [5, 5.41) is 8.65. The smallest absolute Gasteiger partial charge is 0.250 e. The molecule has 7 heteroatoms. The highest BCUT2D eigenvalue weighted by Crippen LogP contribution is 1.95. The van der Waals surface area contributed by atoms with Crippen LogP contribution >= 0.6 is 0 Å². The van der Waals surface area contributed by atoms with Crippen LogP contribution in [-0.2, 0) is 11.3 Å². The molecule has 0 aliphatic carbocycles. The Morgan fingerprint density at radius 2 is 2.35 bits per heavy atom. The minimum Gasteiger partial charge on any atom is -0.315 e. The van der Waals surface area contributed by atoms with Gasteiger partial charge in [-0.15, -0.1) is 0 Å². The van der Waals surface area contributed by atoms with Crippen LogP contribution in [0.3, 0.4) is 0 Å². The molecule has 0 bridgehead atoms. The second-order valence-electron chi connectivity index (χ2n) is 3.36. The lowest BCUT2D eigenvalue weighted by Gasteiger charge is -2.04. The van der Waals surface area contributed by atoms with Gasteiger partial charge in [0.05, 0.1) is 0 Å². The van der Waals surface area contributed by atoms with Crippen LogP contribution in [0.1, 0.15) is 6.42 Å². The molecule has 2 heterocycles. The van der Waals surface area contributed by atoms with Crippen molar-refractivity contribution in [2.75, 3.05) is 5.32 Å². The minimum absolute atomic E-state index is 0.125. The topological polar surface area (TPSA) is 92.7 Å². The number of hydrogen-bond acceptors (Lipinski definition) is 4. The van der Waals surface area contributed by atoms with E-state index >= 15 is 0 Å². The van der Waals surface area contributed by atoms with Crippen molar-refractivity contribution in [1.82, 2.24) is 19.7 Å². The number of amides is 1. The maximum Gasteiger partial charge on any atom is 0.250 e. The molecule has 0 fully saturated rings. The number of aromatic nitrogens is 4. The molecule has 0 unspecified atom stereocenters. The van der Waals surface area contributed by atoms with Crippen LogP contribution in [0, 0.1) is 0 Å². The van der Waals surface area contributed by atoms with Gasteiger partial charge in [0.2, 0.25) is 11.9 Å². The molecule has 7 nitrogen and oxygen atoms in total. The lowest BCUT2D eigenvalue weighted by molar-refractivity contribution is -0.116. The van der Waals surface area contributed by atoms with Gasteiger partial charge in [0.1, 0.15) is 6.33 Å². The molecule has 0 aromatic carbocycles. The van der Waals surface area contributed by atoms with E-state index < -0.39 is 0 Å². The first kappa shape index (κ1) is 11.1. The minimum atomic E-state index is -0.225. The Morgan fingerprint density at radius 1 is 1.47 bits per heavy atom. The Kier molecular flexibility index (Phi) is 3.29. The number of carbonyl (C=O) groups excluding carboxylic acids is 1. The van der Waals surface area contributed by atoms with E-state index in [-0.39, 0.29) is 17.9 Å². The van der Waals surface area contributed by atoms with Gasteiger partial charge >= 0.3 is 0 Å². The zero-order valence-corrected chi connectivity index (χ0v) is 8.96. The van der Waals surface area contributed by atoms with E-state index in [2.05, 4.69) is 20.5 Å². The fraction of sp³-hybridized carbons (Fsp3) is 0.200. The van der Waals surface area contributed by atoms with Crippen molar-refractivity contribution in [3.05, 3.63) is 41.1 Å². The monoisotopic (exact) mass is 233 g/mol. The number of anilines is 1. The summed E-state index contributed by atoms with van der Waals surface area (Å²) in [7, 11) is 0. The molecular formula is C10H11N5O2. The van der Waals surface area contributed by atoms with Crippen molar-refractivity contribution in [3.8, 4) is 0 Å². The van der Waals surface area contributed by atoms with Crippen molar-refractivity contribution in [3.63, 3.8) is 0 Å². The fourth-order valence-corrected chi connectivity index (χ4v) is 1.33. The van der Waals surface area contributed by atoms with E-state index in [4.69, 9.17) is 0 Å². The van der Waals surface area contributed by atoms with E-state index in [0.717, 1.165) is 0 Å². The molecule has 0 aliphatic rings. The van der Waals surface area contributed by atoms with Crippen LogP contribution in [-0.4, -0.2) is 25.7 Å². The normalized spacial score (nSPS) is 10.1. The number of hydrogen-bond donors (Lipinski definition) is 2. The highest BCUT2D eigenvalue weighted by molar-refractivity contribution is 5.88. The summed E-state index contributed by atoms with van der Waals surface area (Å²) in [5.74, 6) is 0.0768. The Morgan fingerprint density at radius 3 is 3.06 bits per heavy atom. The van der Waals surface area contributed by atoms with Gasteiger partial charge in [0.25, 0.3) is 5.56 Å². The summed E-state index contributed by atoms with van der Waals surface area (Å²) >= 11 is 0. The Hall–Kier alpha value is -2.44. The summed E-state index contributed by atoms with van der Waals surface area (Å²) in [6.45, 7) is 0.333. The van der Waals surface area contributed by atoms with E-state index in [1.54, 1.807) is 18.3 Å². The van der Waals surface area contributed by atoms with Crippen LogP contribution in [0.15, 0.2) is 35.5 Å². The summed E-state index contributed by atoms with van der Waals surface area (Å²) < 4.78 is 1.47. The van der Waals surface area contributed by atoms with Crippen molar-refractivity contribution in [1.29, 1.82) is 0 Å². The Bertz CT molecular complexity index is 546. The summed E-state index contributed by atoms with van der Waals surface area (Å²) in [4.78, 5) is 26.6. The second kappa shape index (κ2) is 5.06. The number of H-pyrrole nitrogens is 1. The standard InChI is InChI=1S/C10H11N5O2/c16-8(13-10-11-7-12-14-10)4-6-15-5-2-1-3-9(15)17/h1-3,5,7H,4,6H2,(H2,11,12,13,14,16). The molecule has 0 radical (unpaired) electrons. The number of pyridine rings is 1. The van der Waals surface area contributed by atoms with Gasteiger partial charge in [-0.2, -0.15) is 10.1 Å². The predicted molar refractivity (Wildman–Crippen MR) is 60.3 cm³/mol. The first-order chi connectivity index (χ1) is 8.25. The average Bonchev–Trinajstić information content (AvgIpc) is 2.81. The Balaban J connectivity index is 1.89. The van der Waals surface area contributed by atoms with Crippen molar-refractivity contribution in [2.24, 2.45) is 0 Å². The summed E-state index contributed by atoms with van der Waals surface area (Å²) in [6.07, 6.45) is 3.14. The number of aryl methyl sites for hydroxylation is 1. The summed E-state index contributed by atoms with van der Waals surface area (Å²) in [5.41, 5.74) is -0.125. The molecule has 0 spiro atoms. The zero-order valence-electron chi connectivity index (χ0n) is 8.96. The van der Waals surface area contributed by atoms with Gasteiger partial charge in [0.15, 0.2) is 0 Å². The van der Waals surface area contributed by atoms with E-state index in [0.29, 0.717) is 12.5 Å². The maximum absolute atomic E-state index is 11.5. The van der Waals surface area contributed by atoms with Crippen LogP contribution in [0.2, 0.25) is 0 Å². The molecule has 2 N–H and O–H groups in total. The van der Waals surface area contributed by atoms with E-state index in [9.17, 15) is 9.59 Å². The van der Waals surface area contributed by atoms with Crippen LogP contribution in [0.4, 0.5) is 5.95 Å². The van der Waals surface area contributed by atoms with Gasteiger partial charge in [-0.1, -0.05) is 6.07 Å². The van der Waals surface area contributed by atoms with Gasteiger partial charge in [-0.05, 0) is 6.07 Å². The number of rotatable bonds is 4. The zero-order chi connectivity index (χ0) is 12.1. The quantitative estimate of drug-likeness (QED) is 0.777. The van der Waals surface area contributed by atoms with Crippen LogP contribution in [0.25, 0.3) is 0 Å². The number of nitrogens with one attached hydrogen (secondary N) is 2. The Labute approximate surface area is 96.5 Å². The van der Waals surface area contributed by atoms with Gasteiger partial charge in [-0.25, -0.2) is 5.10 Å². The lowest BCUT2D eigenvalue weighted by atomic mass is 10.3. The summed E-state index contributed by atoms with van der Waals surface area (Å²) in [6, 6.07) is 4.86. The fourth-order valence-electron chi connectivity index (χ4n) is 1.33. The van der Waals surface area contributed by atoms with Gasteiger partial charge in [0, 0.05) is 25.2 Å². The van der Waals surface area contributed by atoms with Crippen LogP contribution in [0.5, 0.6) is 0 Å². The highest BCUT2D eigenvalue weighted by Gasteiger charge is 2.04. The van der Waals surface area contributed by atoms with Crippen molar-refractivity contribution >= 4 is 11.9 Å². The molecular weight excluding hydrogens is 222 g/mol. The molecule has 2 aromatic rings. The van der Waals surface area contributed by atoms with E-state index in [1.807, 2.05) is 0 Å². The average molecular weight is 233 g/mol. The van der Waals surface area contributed by atoms with Crippen molar-refractivity contribution in [2.45, 2.75) is 13.0 Å². The third kappa shape index (κ3) is 3.00. The number of aromatic amines is 1. The first-order valence-electron chi connectivity index (χ1n) is 5.06. The highest BCUT2D eigenvalue weighted by atomic mass is 16.2. The molecule has 17 heavy (non-hydrogen) atoms. The first-order valence-corrected chi connectivity index (χ1v) is 5.06. The molecule has 2 aromatic heterocycles. The molecule has 0 saturated carbocycles. The third-order valence-electron chi connectivity index (χ3n) is 2.15. The van der Waals surface area contributed by atoms with Crippen molar-refractivity contribution < 1.29 is 4.79 Å². The van der Waals surface area contributed by atoms with Crippen LogP contribution < -0.4 is 10.9 Å². The molecule has 0 atom stereocenters. The lowest BCUT2D eigenvalue weighted by Crippen LogP contribution is -2.22. The van der Waals surface area contributed by atoms with Gasteiger partial charge in [-0.3, -0.25) is 14.9 Å². The molecule has 0 saturated heterocycles. The van der Waals surface area contributed by atoms with E-state index in [1.165, 1.54) is 17.0 Å².